The van der Waals surface area contributed by atoms with Gasteiger partial charge in [0.25, 0.3) is 0 Å². The molecule has 0 heterocycles. The van der Waals surface area contributed by atoms with Crippen LogP contribution in [0.15, 0.2) is 0 Å². The zero-order valence-corrected chi connectivity index (χ0v) is 10.9. The first kappa shape index (κ1) is 14.9. The lowest BCUT2D eigenvalue weighted by Crippen LogP contribution is -2.36. The number of aliphatic hydroxyl groups excluding tert-OH is 1. The Morgan fingerprint density at radius 1 is 1.07 bits per heavy atom. The molecule has 0 fully saturated rings. The van der Waals surface area contributed by atoms with Crippen LogP contribution in [0, 0.1) is 5.92 Å². The average Bonchev–Trinajstić information content (AvgIpc) is 2.16. The van der Waals surface area contributed by atoms with Crippen LogP contribution in [-0.4, -0.2) is 23.8 Å². The van der Waals surface area contributed by atoms with Crippen LogP contribution in [0.2, 0.25) is 0 Å². The molecule has 2 unspecified atom stereocenters. The van der Waals surface area contributed by atoms with Crippen LogP contribution in [0.5, 0.6) is 0 Å². The van der Waals surface area contributed by atoms with Crippen molar-refractivity contribution in [2.75, 3.05) is 6.61 Å². The summed E-state index contributed by atoms with van der Waals surface area (Å²) in [6.45, 7) is 9.27. The quantitative estimate of drug-likeness (QED) is 0.620. The zero-order valence-electron chi connectivity index (χ0n) is 10.9. The molecule has 0 radical (unpaired) electrons. The third-order valence-corrected chi connectivity index (χ3v) is 2.91. The minimum atomic E-state index is 0.296. The van der Waals surface area contributed by atoms with Crippen molar-refractivity contribution >= 4 is 0 Å². The third kappa shape index (κ3) is 8.88. The van der Waals surface area contributed by atoms with Crippen molar-refractivity contribution in [2.45, 2.75) is 71.9 Å². The van der Waals surface area contributed by atoms with E-state index in [1.807, 2.05) is 0 Å². The van der Waals surface area contributed by atoms with Gasteiger partial charge in [-0.15, -0.1) is 0 Å². The Morgan fingerprint density at radius 3 is 2.20 bits per heavy atom. The van der Waals surface area contributed by atoms with Gasteiger partial charge in [0.1, 0.15) is 0 Å². The second-order valence-electron chi connectivity index (χ2n) is 5.01. The van der Waals surface area contributed by atoms with Crippen LogP contribution >= 0.6 is 0 Å². The summed E-state index contributed by atoms with van der Waals surface area (Å²) in [6.07, 6.45) is 5.87. The summed E-state index contributed by atoms with van der Waals surface area (Å²) in [6, 6.07) is 1.07. The van der Waals surface area contributed by atoms with Gasteiger partial charge in [0.15, 0.2) is 0 Å². The molecule has 0 spiro atoms. The first-order valence-electron chi connectivity index (χ1n) is 6.47. The molecule has 2 atom stereocenters. The molecule has 0 aromatic rings. The van der Waals surface area contributed by atoms with Crippen molar-refractivity contribution in [2.24, 2.45) is 5.92 Å². The number of hydrogen-bond donors (Lipinski definition) is 2. The fourth-order valence-electron chi connectivity index (χ4n) is 1.88. The van der Waals surface area contributed by atoms with Gasteiger partial charge in [0.2, 0.25) is 0 Å². The van der Waals surface area contributed by atoms with Gasteiger partial charge < -0.3 is 10.4 Å². The van der Waals surface area contributed by atoms with E-state index in [0.29, 0.717) is 18.7 Å². The van der Waals surface area contributed by atoms with Crippen LogP contribution in [0.4, 0.5) is 0 Å². The lowest BCUT2D eigenvalue weighted by atomic mass is 10.0. The predicted molar refractivity (Wildman–Crippen MR) is 67.1 cm³/mol. The highest BCUT2D eigenvalue weighted by molar-refractivity contribution is 4.70. The van der Waals surface area contributed by atoms with E-state index >= 15 is 0 Å². The number of aliphatic hydroxyl groups is 1. The third-order valence-electron chi connectivity index (χ3n) is 2.91. The second-order valence-corrected chi connectivity index (χ2v) is 5.01. The summed E-state index contributed by atoms with van der Waals surface area (Å²) in [4.78, 5) is 0. The van der Waals surface area contributed by atoms with Crippen molar-refractivity contribution in [3.63, 3.8) is 0 Å². The van der Waals surface area contributed by atoms with Gasteiger partial charge in [0.05, 0.1) is 0 Å². The number of nitrogens with one attached hydrogen (secondary N) is 1. The minimum absolute atomic E-state index is 0.296. The van der Waals surface area contributed by atoms with Crippen LogP contribution < -0.4 is 5.32 Å². The van der Waals surface area contributed by atoms with Crippen LogP contribution in [0.3, 0.4) is 0 Å². The Kier molecular flexibility index (Phi) is 9.12. The highest BCUT2D eigenvalue weighted by Crippen LogP contribution is 2.09. The largest absolute Gasteiger partial charge is 0.396 e. The second kappa shape index (κ2) is 9.17. The van der Waals surface area contributed by atoms with Crippen LogP contribution in [0.25, 0.3) is 0 Å². The Hall–Kier alpha value is -0.0800. The standard InChI is InChI=1S/C13H29NO/c1-5-13(9-10-15)14-12(4)8-6-7-11(2)3/h11-15H,5-10H2,1-4H3. The molecule has 0 saturated carbocycles. The summed E-state index contributed by atoms with van der Waals surface area (Å²) >= 11 is 0. The Labute approximate surface area is 95.5 Å². The molecule has 0 amide bonds. The summed E-state index contributed by atoms with van der Waals surface area (Å²) in [5.41, 5.74) is 0. The molecule has 0 aliphatic heterocycles. The van der Waals surface area contributed by atoms with E-state index in [2.05, 4.69) is 33.0 Å². The molecule has 0 aromatic carbocycles. The first-order chi connectivity index (χ1) is 7.10. The predicted octanol–water partition coefficient (Wildman–Crippen LogP) is 2.95. The molecular formula is C13H29NO. The zero-order chi connectivity index (χ0) is 11.7. The molecule has 0 saturated heterocycles. The molecule has 15 heavy (non-hydrogen) atoms. The van der Waals surface area contributed by atoms with Crippen LogP contribution in [-0.2, 0) is 0 Å². The van der Waals surface area contributed by atoms with E-state index in [1.165, 1.54) is 19.3 Å². The van der Waals surface area contributed by atoms with Gasteiger partial charge in [0, 0.05) is 18.7 Å². The molecule has 2 N–H and O–H groups in total. The van der Waals surface area contributed by atoms with Gasteiger partial charge in [-0.3, -0.25) is 0 Å². The van der Waals surface area contributed by atoms with Crippen molar-refractivity contribution in [1.29, 1.82) is 0 Å². The Morgan fingerprint density at radius 2 is 1.73 bits per heavy atom. The first-order valence-corrected chi connectivity index (χ1v) is 6.47. The number of rotatable bonds is 9. The summed E-state index contributed by atoms with van der Waals surface area (Å²) in [5.74, 6) is 0.816. The summed E-state index contributed by atoms with van der Waals surface area (Å²) in [5, 5.41) is 12.5. The van der Waals surface area contributed by atoms with Gasteiger partial charge in [-0.2, -0.15) is 0 Å². The van der Waals surface area contributed by atoms with E-state index < -0.39 is 0 Å². The smallest absolute Gasteiger partial charge is 0.0445 e. The van der Waals surface area contributed by atoms with Crippen molar-refractivity contribution in [3.8, 4) is 0 Å². The Bertz CT molecular complexity index is 136. The molecule has 0 rings (SSSR count). The summed E-state index contributed by atoms with van der Waals surface area (Å²) < 4.78 is 0. The van der Waals surface area contributed by atoms with Gasteiger partial charge in [-0.05, 0) is 32.1 Å². The van der Waals surface area contributed by atoms with Crippen molar-refractivity contribution in [3.05, 3.63) is 0 Å². The number of hydrogen-bond acceptors (Lipinski definition) is 2. The molecule has 2 heteroatoms. The van der Waals surface area contributed by atoms with E-state index in [9.17, 15) is 0 Å². The molecule has 92 valence electrons. The fourth-order valence-corrected chi connectivity index (χ4v) is 1.88. The molecule has 2 nitrogen and oxygen atoms in total. The lowest BCUT2D eigenvalue weighted by molar-refractivity contribution is 0.254. The molecule has 0 aliphatic carbocycles. The van der Waals surface area contributed by atoms with Gasteiger partial charge in [-0.1, -0.05) is 33.6 Å². The van der Waals surface area contributed by atoms with Gasteiger partial charge in [-0.25, -0.2) is 0 Å². The molecular weight excluding hydrogens is 186 g/mol. The van der Waals surface area contributed by atoms with Gasteiger partial charge >= 0.3 is 0 Å². The summed E-state index contributed by atoms with van der Waals surface area (Å²) in [7, 11) is 0. The van der Waals surface area contributed by atoms with E-state index in [0.717, 1.165) is 18.8 Å². The fraction of sp³-hybridized carbons (Fsp3) is 1.00. The Balaban J connectivity index is 3.56. The average molecular weight is 215 g/mol. The normalized spacial score (nSPS) is 15.6. The monoisotopic (exact) mass is 215 g/mol. The molecule has 0 aliphatic rings. The van der Waals surface area contributed by atoms with Crippen LogP contribution in [0.1, 0.15) is 59.8 Å². The van der Waals surface area contributed by atoms with E-state index in [4.69, 9.17) is 5.11 Å². The highest BCUT2D eigenvalue weighted by atomic mass is 16.3. The van der Waals surface area contributed by atoms with Crippen molar-refractivity contribution < 1.29 is 5.11 Å². The lowest BCUT2D eigenvalue weighted by Gasteiger charge is -2.21. The maximum atomic E-state index is 8.89. The van der Waals surface area contributed by atoms with Crippen molar-refractivity contribution in [1.82, 2.24) is 5.32 Å². The topological polar surface area (TPSA) is 32.3 Å². The molecule has 0 aromatic heterocycles. The molecule has 0 bridgehead atoms. The van der Waals surface area contributed by atoms with E-state index in [-0.39, 0.29) is 0 Å². The minimum Gasteiger partial charge on any atom is -0.396 e. The maximum Gasteiger partial charge on any atom is 0.0445 e. The highest BCUT2D eigenvalue weighted by Gasteiger charge is 2.09. The maximum absolute atomic E-state index is 8.89. The SMILES string of the molecule is CCC(CCO)NC(C)CCCC(C)C. The van der Waals surface area contributed by atoms with E-state index in [1.54, 1.807) is 0 Å².